The van der Waals surface area contributed by atoms with Crippen LogP contribution in [0.1, 0.15) is 37.8 Å². The minimum atomic E-state index is -1.06. The van der Waals surface area contributed by atoms with Crippen molar-refractivity contribution in [2.75, 3.05) is 19.8 Å². The van der Waals surface area contributed by atoms with Crippen LogP contribution in [0.2, 0.25) is 0 Å². The van der Waals surface area contributed by atoms with Gasteiger partial charge < -0.3 is 19.6 Å². The molecule has 5 heterocycles. The topological polar surface area (TPSA) is 118 Å². The fraction of sp³-hybridized carbons (Fsp3) is 0.424. The van der Waals surface area contributed by atoms with Crippen LogP contribution < -0.4 is 0 Å². The van der Waals surface area contributed by atoms with Crippen molar-refractivity contribution in [3.8, 4) is 0 Å². The van der Waals surface area contributed by atoms with E-state index in [1.54, 1.807) is 14.5 Å². The van der Waals surface area contributed by atoms with Crippen LogP contribution in [0.4, 0.5) is 0 Å². The largest absolute Gasteiger partial charge is 0.465 e. The first-order valence-corrected chi connectivity index (χ1v) is 16.0. The van der Waals surface area contributed by atoms with Crippen LogP contribution in [0, 0.1) is 11.8 Å². The van der Waals surface area contributed by atoms with E-state index >= 15 is 0 Å². The standard InChI is InChI=1S/C33H35N5O5S/c1-32-16-9-2-3-10-19-43-31(42)27(32)26-29(40)38(25(20-39)22-12-5-4-6-13-22)28-30(41)36(18-11-17-33(26,28)44-32)21-37-24-15-8-7-14-23(24)34-35-37/h4-9,11-17,25-28,39H,2-3,10,18-21H2,1H3/b16-9-/t25-,26+,27-,28?,32+,33+/m1/s1. The van der Waals surface area contributed by atoms with Crippen LogP contribution in [0.15, 0.2) is 78.9 Å². The van der Waals surface area contributed by atoms with Gasteiger partial charge in [-0.2, -0.15) is 0 Å². The first-order valence-electron chi connectivity index (χ1n) is 15.2. The highest BCUT2D eigenvalue weighted by Crippen LogP contribution is 2.66. The van der Waals surface area contributed by atoms with Gasteiger partial charge in [0, 0.05) is 11.3 Å². The average Bonchev–Trinajstić information content (AvgIpc) is 3.59. The van der Waals surface area contributed by atoms with Crippen LogP contribution in [0.25, 0.3) is 11.0 Å². The van der Waals surface area contributed by atoms with Gasteiger partial charge in [-0.1, -0.05) is 72.0 Å². The quantitative estimate of drug-likeness (QED) is 0.343. The number of cyclic esters (lactones) is 1. The number of thioether (sulfide) groups is 1. The second kappa shape index (κ2) is 11.2. The van der Waals surface area contributed by atoms with E-state index in [-0.39, 0.29) is 31.6 Å². The second-order valence-corrected chi connectivity index (χ2v) is 13.9. The fourth-order valence-corrected chi connectivity index (χ4v) is 9.60. The van der Waals surface area contributed by atoms with Crippen LogP contribution in [0.3, 0.4) is 0 Å². The highest BCUT2D eigenvalue weighted by molar-refractivity contribution is 8.02. The maximum atomic E-state index is 14.9. The van der Waals surface area contributed by atoms with Gasteiger partial charge >= 0.3 is 5.97 Å². The summed E-state index contributed by atoms with van der Waals surface area (Å²) >= 11 is 1.50. The molecule has 0 radical (unpaired) electrons. The smallest absolute Gasteiger partial charge is 0.311 e. The van der Waals surface area contributed by atoms with E-state index in [1.807, 2.05) is 79.7 Å². The molecule has 1 N–H and O–H groups in total. The fourth-order valence-electron chi connectivity index (χ4n) is 7.46. The molecule has 1 aromatic heterocycles. The van der Waals surface area contributed by atoms with Gasteiger partial charge in [0.2, 0.25) is 11.8 Å². The van der Waals surface area contributed by atoms with Gasteiger partial charge in [-0.25, -0.2) is 4.68 Å². The van der Waals surface area contributed by atoms with E-state index < -0.39 is 39.4 Å². The van der Waals surface area contributed by atoms with Crippen molar-refractivity contribution in [2.45, 2.75) is 54.4 Å². The van der Waals surface area contributed by atoms with Gasteiger partial charge in [-0.15, -0.1) is 16.9 Å². The number of allylic oxidation sites excluding steroid dienone is 1. The number of ether oxygens (including phenoxy) is 1. The number of aliphatic hydroxyl groups is 1. The Morgan fingerprint density at radius 2 is 1.80 bits per heavy atom. The Morgan fingerprint density at radius 1 is 1.00 bits per heavy atom. The van der Waals surface area contributed by atoms with E-state index in [9.17, 15) is 19.5 Å². The first kappa shape index (κ1) is 28.8. The van der Waals surface area contributed by atoms with Gasteiger partial charge in [0.05, 0.1) is 41.4 Å². The van der Waals surface area contributed by atoms with Crippen molar-refractivity contribution in [1.82, 2.24) is 24.8 Å². The number of esters is 1. The predicted octanol–water partition coefficient (Wildman–Crippen LogP) is 3.49. The van der Waals surface area contributed by atoms with Gasteiger partial charge in [0.1, 0.15) is 18.2 Å². The molecule has 2 amide bonds. The molecule has 0 aliphatic carbocycles. The van der Waals surface area contributed by atoms with Crippen molar-refractivity contribution >= 4 is 40.6 Å². The highest BCUT2D eigenvalue weighted by Gasteiger charge is 2.74. The molecule has 1 unspecified atom stereocenters. The van der Waals surface area contributed by atoms with Gasteiger partial charge in [-0.3, -0.25) is 14.4 Å². The Labute approximate surface area is 259 Å². The zero-order chi connectivity index (χ0) is 30.5. The minimum Gasteiger partial charge on any atom is -0.465 e. The number of carbonyl (C=O) groups excluding carboxylic acids is 3. The van der Waals surface area contributed by atoms with E-state index in [4.69, 9.17) is 4.74 Å². The number of rotatable bonds is 5. The molecule has 11 heteroatoms. The molecule has 4 aliphatic heterocycles. The lowest BCUT2D eigenvalue weighted by molar-refractivity contribution is -0.155. The van der Waals surface area contributed by atoms with E-state index in [0.29, 0.717) is 6.61 Å². The number of aromatic nitrogens is 3. The molecule has 10 nitrogen and oxygen atoms in total. The van der Waals surface area contributed by atoms with Crippen LogP contribution in [0.5, 0.6) is 0 Å². The lowest BCUT2D eigenvalue weighted by atomic mass is 9.74. The molecule has 2 saturated heterocycles. The Balaban J connectivity index is 1.36. The maximum absolute atomic E-state index is 14.9. The Kier molecular flexibility index (Phi) is 7.32. The molecular weight excluding hydrogens is 578 g/mol. The van der Waals surface area contributed by atoms with Crippen LogP contribution >= 0.6 is 11.8 Å². The molecule has 0 bridgehead atoms. The molecule has 1 spiro atoms. The third-order valence-corrected chi connectivity index (χ3v) is 11.2. The normalized spacial score (nSPS) is 31.7. The molecule has 7 rings (SSSR count). The molecule has 3 aromatic rings. The zero-order valence-electron chi connectivity index (χ0n) is 24.5. The third kappa shape index (κ3) is 4.47. The third-order valence-electron chi connectivity index (χ3n) is 9.44. The summed E-state index contributed by atoms with van der Waals surface area (Å²) in [6.45, 7) is 2.31. The van der Waals surface area contributed by atoms with Crippen molar-refractivity contribution in [3.63, 3.8) is 0 Å². The number of para-hydroxylation sites is 1. The first-order chi connectivity index (χ1) is 21.4. The number of likely N-dealkylation sites (tertiary alicyclic amines) is 1. The monoisotopic (exact) mass is 613 g/mol. The van der Waals surface area contributed by atoms with Gasteiger partial charge in [-0.05, 0) is 43.9 Å². The zero-order valence-corrected chi connectivity index (χ0v) is 25.3. The maximum Gasteiger partial charge on any atom is 0.311 e. The molecule has 0 saturated carbocycles. The summed E-state index contributed by atoms with van der Waals surface area (Å²) in [6.07, 6.45) is 10.5. The number of nitrogens with zero attached hydrogens (tertiary/aromatic N) is 5. The highest BCUT2D eigenvalue weighted by atomic mass is 32.2. The van der Waals surface area contributed by atoms with Gasteiger partial charge in [0.25, 0.3) is 0 Å². The number of hydrogen-bond acceptors (Lipinski definition) is 8. The summed E-state index contributed by atoms with van der Waals surface area (Å²) in [5, 5.41) is 19.3. The number of carbonyl (C=O) groups is 3. The van der Waals surface area contributed by atoms with Crippen molar-refractivity contribution < 1.29 is 24.2 Å². The molecule has 4 aliphatic rings. The Bertz CT molecular complexity index is 1660. The molecule has 228 valence electrons. The predicted molar refractivity (Wildman–Crippen MR) is 165 cm³/mol. The summed E-state index contributed by atoms with van der Waals surface area (Å²) in [4.78, 5) is 46.7. The minimum absolute atomic E-state index is 0.130. The molecule has 44 heavy (non-hydrogen) atoms. The van der Waals surface area contributed by atoms with E-state index in [0.717, 1.165) is 35.9 Å². The summed E-state index contributed by atoms with van der Waals surface area (Å²) in [6, 6.07) is 15.1. The number of amides is 2. The Hall–Kier alpha value is -3.96. The number of hydrogen-bond donors (Lipinski definition) is 1. The molecule has 6 atom stereocenters. The second-order valence-electron chi connectivity index (χ2n) is 12.1. The average molecular weight is 614 g/mol. The SMILES string of the molecule is C[C@]12/C=C\CCCCOC(=O)[C@H]1[C@H]1C(=O)N([C@H](CO)c3ccccc3)C3C(=O)N(Cn4nnc5ccccc54)CC=C[C@@]31S2. The van der Waals surface area contributed by atoms with E-state index in [1.165, 1.54) is 11.8 Å². The van der Waals surface area contributed by atoms with Gasteiger partial charge in [0.15, 0.2) is 0 Å². The van der Waals surface area contributed by atoms with Crippen molar-refractivity contribution in [1.29, 1.82) is 0 Å². The summed E-state index contributed by atoms with van der Waals surface area (Å²) in [5.74, 6) is -2.67. The van der Waals surface area contributed by atoms with Crippen molar-refractivity contribution in [3.05, 3.63) is 84.5 Å². The lowest BCUT2D eigenvalue weighted by Gasteiger charge is -2.40. The van der Waals surface area contributed by atoms with Crippen LogP contribution in [-0.2, 0) is 25.8 Å². The summed E-state index contributed by atoms with van der Waals surface area (Å²) in [7, 11) is 0. The lowest BCUT2D eigenvalue weighted by Crippen LogP contribution is -2.54. The van der Waals surface area contributed by atoms with E-state index in [2.05, 4.69) is 16.4 Å². The Morgan fingerprint density at radius 3 is 2.61 bits per heavy atom. The number of benzene rings is 2. The molecule has 2 fully saturated rings. The summed E-state index contributed by atoms with van der Waals surface area (Å²) < 4.78 is 5.63. The molecular formula is C33H35N5O5S. The van der Waals surface area contributed by atoms with Crippen LogP contribution in [-0.4, -0.2) is 83.0 Å². The molecule has 2 aromatic carbocycles. The number of fused-ring (bicyclic) bond motifs is 3. The summed E-state index contributed by atoms with van der Waals surface area (Å²) in [5.41, 5.74) is 2.23. The van der Waals surface area contributed by atoms with Crippen molar-refractivity contribution in [2.24, 2.45) is 11.8 Å². The number of aliphatic hydroxyl groups excluding tert-OH is 1.